The lowest BCUT2D eigenvalue weighted by Gasteiger charge is -2.29. The summed E-state index contributed by atoms with van der Waals surface area (Å²) in [6, 6.07) is 22.7. The maximum atomic E-state index is 13.6. The summed E-state index contributed by atoms with van der Waals surface area (Å²) in [5.41, 5.74) is 2.39. The molecule has 4 amide bonds. The van der Waals surface area contributed by atoms with Crippen LogP contribution in [0.2, 0.25) is 0 Å². The first-order valence-corrected chi connectivity index (χ1v) is 12.8. The van der Waals surface area contributed by atoms with Crippen LogP contribution < -0.4 is 16.0 Å². The largest absolute Gasteiger partial charge is 0.465 e. The van der Waals surface area contributed by atoms with E-state index in [1.807, 2.05) is 48.5 Å². The Labute approximate surface area is 232 Å². The molecule has 0 bridgehead atoms. The van der Waals surface area contributed by atoms with Gasteiger partial charge in [-0.2, -0.15) is 0 Å². The van der Waals surface area contributed by atoms with Crippen LogP contribution in [-0.4, -0.2) is 52.0 Å². The van der Waals surface area contributed by atoms with Crippen molar-refractivity contribution >= 4 is 29.5 Å². The van der Waals surface area contributed by atoms with Crippen LogP contribution in [0.15, 0.2) is 78.9 Å². The fourth-order valence-electron chi connectivity index (χ4n) is 4.35. The molecule has 3 aromatic carbocycles. The molecule has 10 nitrogen and oxygen atoms in total. The molecule has 3 aromatic rings. The number of rotatable bonds is 10. The molecule has 0 spiro atoms. The van der Waals surface area contributed by atoms with E-state index in [9.17, 15) is 19.2 Å². The van der Waals surface area contributed by atoms with Crippen molar-refractivity contribution in [2.24, 2.45) is 0 Å². The molecule has 40 heavy (non-hydrogen) atoms. The monoisotopic (exact) mass is 544 g/mol. The Hall–Kier alpha value is -4.70. The van der Waals surface area contributed by atoms with E-state index in [1.54, 1.807) is 35.2 Å². The predicted molar refractivity (Wildman–Crippen MR) is 148 cm³/mol. The summed E-state index contributed by atoms with van der Waals surface area (Å²) >= 11 is 0. The molecule has 10 heteroatoms. The first-order chi connectivity index (χ1) is 19.1. The van der Waals surface area contributed by atoms with Gasteiger partial charge >= 0.3 is 6.09 Å². The third-order valence-corrected chi connectivity index (χ3v) is 6.52. The van der Waals surface area contributed by atoms with Gasteiger partial charge in [0.25, 0.3) is 5.91 Å². The van der Waals surface area contributed by atoms with Crippen LogP contribution >= 0.6 is 0 Å². The number of ether oxygens (including phenoxy) is 1. The van der Waals surface area contributed by atoms with Crippen LogP contribution in [0, 0.1) is 0 Å². The molecule has 1 aliphatic heterocycles. The van der Waals surface area contributed by atoms with Gasteiger partial charge in [0.2, 0.25) is 11.8 Å². The summed E-state index contributed by atoms with van der Waals surface area (Å²) in [5, 5.41) is 16.8. The molecule has 4 N–H and O–H groups in total. The van der Waals surface area contributed by atoms with E-state index in [0.717, 1.165) is 16.7 Å². The van der Waals surface area contributed by atoms with Crippen LogP contribution in [0.5, 0.6) is 0 Å². The molecule has 208 valence electrons. The van der Waals surface area contributed by atoms with Gasteiger partial charge in [0.15, 0.2) is 0 Å². The highest BCUT2D eigenvalue weighted by molar-refractivity contribution is 6.04. The summed E-state index contributed by atoms with van der Waals surface area (Å²) in [4.78, 5) is 51.9. The predicted octanol–water partition coefficient (Wildman–Crippen LogP) is 3.53. The highest BCUT2D eigenvalue weighted by Crippen LogP contribution is 2.27. The Kier molecular flexibility index (Phi) is 8.80. The molecular weight excluding hydrogens is 512 g/mol. The average Bonchev–Trinajstić information content (AvgIpc) is 3.36. The smallest absolute Gasteiger partial charge is 0.405 e. The lowest BCUT2D eigenvalue weighted by atomic mass is 10.0. The number of benzene rings is 3. The number of carbonyl (C=O) groups is 4. The summed E-state index contributed by atoms with van der Waals surface area (Å²) < 4.78 is 5.79. The molecule has 0 fully saturated rings. The van der Waals surface area contributed by atoms with Crippen molar-refractivity contribution < 1.29 is 29.0 Å². The van der Waals surface area contributed by atoms with Crippen LogP contribution in [0.3, 0.4) is 0 Å². The fourth-order valence-corrected chi connectivity index (χ4v) is 4.35. The number of carboxylic acid groups (broad SMARTS) is 1. The maximum absolute atomic E-state index is 13.6. The second kappa shape index (κ2) is 12.4. The maximum Gasteiger partial charge on any atom is 0.405 e. The van der Waals surface area contributed by atoms with Crippen molar-refractivity contribution in [1.82, 2.24) is 15.5 Å². The highest BCUT2D eigenvalue weighted by atomic mass is 16.5. The van der Waals surface area contributed by atoms with Gasteiger partial charge in [-0.1, -0.05) is 54.6 Å². The number of nitrogens with zero attached hydrogens (tertiary/aromatic N) is 1. The van der Waals surface area contributed by atoms with Gasteiger partial charge in [0.05, 0.1) is 13.2 Å². The van der Waals surface area contributed by atoms with Crippen LogP contribution in [0.1, 0.15) is 40.9 Å². The minimum atomic E-state index is -1.47. The Morgan fingerprint density at radius 2 is 1.57 bits per heavy atom. The third-order valence-electron chi connectivity index (χ3n) is 6.52. The Morgan fingerprint density at radius 3 is 2.25 bits per heavy atom. The molecule has 1 heterocycles. The van der Waals surface area contributed by atoms with Gasteiger partial charge in [-0.25, -0.2) is 4.79 Å². The Morgan fingerprint density at radius 1 is 0.925 bits per heavy atom. The van der Waals surface area contributed by atoms with E-state index in [0.29, 0.717) is 17.8 Å². The topological polar surface area (TPSA) is 137 Å². The lowest BCUT2D eigenvalue weighted by Crippen LogP contribution is -2.59. The number of hydrogen-bond donors (Lipinski definition) is 4. The van der Waals surface area contributed by atoms with E-state index in [-0.39, 0.29) is 31.6 Å². The fraction of sp³-hybridized carbons (Fsp3) is 0.267. The van der Waals surface area contributed by atoms with Crippen LogP contribution in [0.25, 0.3) is 0 Å². The van der Waals surface area contributed by atoms with E-state index >= 15 is 0 Å². The SMILES string of the molecule is CC(C)(NC(=O)O)C(=O)NC(COCc1ccccc1)C(=O)N1Cc2ccc(NC(=O)c3ccccc3)cc2C1. The summed E-state index contributed by atoms with van der Waals surface area (Å²) in [5.74, 6) is -1.25. The number of hydrogen-bond acceptors (Lipinski definition) is 5. The van der Waals surface area contributed by atoms with Crippen molar-refractivity contribution in [2.45, 2.75) is 45.1 Å². The molecular formula is C30H32N4O6. The number of nitrogens with one attached hydrogen (secondary N) is 3. The zero-order chi connectivity index (χ0) is 28.7. The van der Waals surface area contributed by atoms with E-state index in [4.69, 9.17) is 9.84 Å². The summed E-state index contributed by atoms with van der Waals surface area (Å²) in [6.07, 6.45) is -1.35. The Balaban J connectivity index is 1.44. The number of amides is 4. The Bertz CT molecular complexity index is 1380. The average molecular weight is 545 g/mol. The third kappa shape index (κ3) is 7.23. The standard InChI is InChI=1S/C30H32N4O6/c1-30(2,33-29(38)39)28(37)32-25(19-40-18-20-9-5-3-6-10-20)27(36)34-16-22-13-14-24(15-23(22)17-34)31-26(35)21-11-7-4-8-12-21/h3-15,25,33H,16-19H2,1-2H3,(H,31,35)(H,32,37)(H,38,39). The lowest BCUT2D eigenvalue weighted by molar-refractivity contribution is -0.140. The second-order valence-electron chi connectivity index (χ2n) is 10.1. The highest BCUT2D eigenvalue weighted by Gasteiger charge is 2.35. The van der Waals surface area contributed by atoms with Gasteiger partial charge in [0, 0.05) is 24.3 Å². The molecule has 4 rings (SSSR count). The van der Waals surface area contributed by atoms with E-state index in [2.05, 4.69) is 16.0 Å². The minimum absolute atomic E-state index is 0.103. The molecule has 0 radical (unpaired) electrons. The number of anilines is 1. The van der Waals surface area contributed by atoms with Crippen molar-refractivity contribution in [3.8, 4) is 0 Å². The van der Waals surface area contributed by atoms with Crippen molar-refractivity contribution in [3.63, 3.8) is 0 Å². The second-order valence-corrected chi connectivity index (χ2v) is 10.1. The van der Waals surface area contributed by atoms with E-state index < -0.39 is 23.6 Å². The number of fused-ring (bicyclic) bond motifs is 1. The molecule has 0 saturated heterocycles. The molecule has 0 aromatic heterocycles. The minimum Gasteiger partial charge on any atom is -0.465 e. The van der Waals surface area contributed by atoms with E-state index in [1.165, 1.54) is 13.8 Å². The first-order valence-electron chi connectivity index (χ1n) is 12.8. The summed E-state index contributed by atoms with van der Waals surface area (Å²) in [7, 11) is 0. The molecule has 1 aliphatic rings. The zero-order valence-corrected chi connectivity index (χ0v) is 22.3. The molecule has 1 atom stereocenters. The molecule has 0 aliphatic carbocycles. The molecule has 0 saturated carbocycles. The quantitative estimate of drug-likeness (QED) is 0.308. The first kappa shape index (κ1) is 28.3. The van der Waals surface area contributed by atoms with Crippen LogP contribution in [0.4, 0.5) is 10.5 Å². The van der Waals surface area contributed by atoms with Gasteiger partial charge in [-0.3, -0.25) is 14.4 Å². The van der Waals surface area contributed by atoms with Gasteiger partial charge in [-0.05, 0) is 54.8 Å². The van der Waals surface area contributed by atoms with Crippen molar-refractivity contribution in [2.75, 3.05) is 11.9 Å². The van der Waals surface area contributed by atoms with Crippen molar-refractivity contribution in [1.29, 1.82) is 0 Å². The normalized spacial score (nSPS) is 13.2. The molecule has 1 unspecified atom stereocenters. The van der Waals surface area contributed by atoms with Crippen molar-refractivity contribution in [3.05, 3.63) is 101 Å². The summed E-state index contributed by atoms with van der Waals surface area (Å²) in [6.45, 7) is 3.57. The van der Waals surface area contributed by atoms with Gasteiger partial charge < -0.3 is 30.7 Å². The van der Waals surface area contributed by atoms with Crippen LogP contribution in [-0.2, 0) is 34.0 Å². The van der Waals surface area contributed by atoms with Gasteiger partial charge in [-0.15, -0.1) is 0 Å². The zero-order valence-electron chi connectivity index (χ0n) is 22.3. The number of carbonyl (C=O) groups excluding carboxylic acids is 3. The van der Waals surface area contributed by atoms with Gasteiger partial charge in [0.1, 0.15) is 11.6 Å².